The molecule has 0 radical (unpaired) electrons. The molecule has 3 heterocycles. The fraction of sp³-hybridized carbons (Fsp3) is 0.0833. The highest BCUT2D eigenvalue weighted by atomic mass is 35.5. The fourth-order valence-corrected chi connectivity index (χ4v) is 4.27. The van der Waals surface area contributed by atoms with Gasteiger partial charge in [0.05, 0.1) is 4.34 Å². The second-order valence-electron chi connectivity index (χ2n) is 4.27. The molecular formula is C12H10ClN5O2S2. The van der Waals surface area contributed by atoms with Gasteiger partial charge in [0.2, 0.25) is 0 Å². The average molecular weight is 356 g/mol. The predicted octanol–water partition coefficient (Wildman–Crippen LogP) is 2.49. The van der Waals surface area contributed by atoms with Crippen LogP contribution in [0.25, 0.3) is 5.82 Å². The molecule has 0 amide bonds. The molecule has 0 fully saturated rings. The molecule has 0 aromatic carbocycles. The van der Waals surface area contributed by atoms with Gasteiger partial charge in [-0.3, -0.25) is 9.29 Å². The maximum Gasteiger partial charge on any atom is 0.272 e. The Kier molecular flexibility index (Phi) is 3.85. The predicted molar refractivity (Wildman–Crippen MR) is 84.0 cm³/mol. The molecule has 0 saturated heterocycles. The number of sulfonamides is 1. The van der Waals surface area contributed by atoms with Crippen LogP contribution in [0.2, 0.25) is 4.34 Å². The normalized spacial score (nSPS) is 11.5. The van der Waals surface area contributed by atoms with Crippen molar-refractivity contribution in [3.8, 4) is 5.82 Å². The number of thiophene rings is 1. The first kappa shape index (κ1) is 14.9. The molecule has 0 saturated carbocycles. The lowest BCUT2D eigenvalue weighted by Crippen LogP contribution is -2.13. The van der Waals surface area contributed by atoms with Gasteiger partial charge in [0.25, 0.3) is 10.0 Å². The number of aryl methyl sites for hydroxylation is 1. The molecule has 3 aromatic heterocycles. The van der Waals surface area contributed by atoms with Gasteiger partial charge in [-0.25, -0.2) is 23.4 Å². The molecular weight excluding hydrogens is 346 g/mol. The van der Waals surface area contributed by atoms with Crippen molar-refractivity contribution in [2.45, 2.75) is 11.1 Å². The molecule has 0 aliphatic rings. The molecule has 22 heavy (non-hydrogen) atoms. The van der Waals surface area contributed by atoms with E-state index in [0.717, 1.165) is 17.2 Å². The van der Waals surface area contributed by atoms with Crippen molar-refractivity contribution in [1.29, 1.82) is 0 Å². The lowest BCUT2D eigenvalue weighted by molar-refractivity contribution is 0.603. The van der Waals surface area contributed by atoms with Crippen molar-refractivity contribution in [2.75, 3.05) is 4.72 Å². The van der Waals surface area contributed by atoms with Crippen molar-refractivity contribution >= 4 is 38.8 Å². The van der Waals surface area contributed by atoms with Gasteiger partial charge >= 0.3 is 0 Å². The molecule has 3 aromatic rings. The Balaban J connectivity index is 1.92. The fourth-order valence-electron chi connectivity index (χ4n) is 1.78. The summed E-state index contributed by atoms with van der Waals surface area (Å²) in [6.45, 7) is 1.82. The Morgan fingerprint density at radius 3 is 2.73 bits per heavy atom. The van der Waals surface area contributed by atoms with Crippen molar-refractivity contribution in [3.63, 3.8) is 0 Å². The lowest BCUT2D eigenvalue weighted by atomic mass is 10.5. The molecule has 114 valence electrons. The minimum atomic E-state index is -3.72. The second-order valence-corrected chi connectivity index (χ2v) is 7.89. The summed E-state index contributed by atoms with van der Waals surface area (Å²) in [5.74, 6) is 1.42. The van der Waals surface area contributed by atoms with E-state index in [2.05, 4.69) is 19.7 Å². The van der Waals surface area contributed by atoms with Crippen LogP contribution in [0.4, 0.5) is 5.82 Å². The maximum atomic E-state index is 12.2. The summed E-state index contributed by atoms with van der Waals surface area (Å²) in [6.07, 6.45) is 4.65. The Morgan fingerprint density at radius 2 is 2.09 bits per heavy atom. The van der Waals surface area contributed by atoms with Gasteiger partial charge in [-0.2, -0.15) is 0 Å². The monoisotopic (exact) mass is 355 g/mol. The number of hydrogen-bond acceptors (Lipinski definition) is 6. The van der Waals surface area contributed by atoms with Crippen LogP contribution in [0.15, 0.2) is 41.1 Å². The zero-order valence-electron chi connectivity index (χ0n) is 11.3. The van der Waals surface area contributed by atoms with Crippen molar-refractivity contribution in [3.05, 3.63) is 47.1 Å². The van der Waals surface area contributed by atoms with Gasteiger partial charge in [-0.05, 0) is 19.1 Å². The van der Waals surface area contributed by atoms with Crippen LogP contribution in [0.5, 0.6) is 0 Å². The number of nitrogens with zero attached hydrogens (tertiary/aromatic N) is 4. The van der Waals surface area contributed by atoms with Crippen molar-refractivity contribution < 1.29 is 8.42 Å². The number of imidazole rings is 1. The van der Waals surface area contributed by atoms with Crippen LogP contribution >= 0.6 is 22.9 Å². The molecule has 0 aliphatic carbocycles. The van der Waals surface area contributed by atoms with E-state index in [-0.39, 0.29) is 10.0 Å². The van der Waals surface area contributed by atoms with E-state index in [0.29, 0.717) is 10.2 Å². The first-order valence-corrected chi connectivity index (χ1v) is 8.74. The van der Waals surface area contributed by atoms with E-state index < -0.39 is 10.0 Å². The summed E-state index contributed by atoms with van der Waals surface area (Å²) in [5, 5.41) is 0. The summed E-state index contributed by atoms with van der Waals surface area (Å²) in [4.78, 5) is 12.1. The minimum Gasteiger partial charge on any atom is -0.288 e. The van der Waals surface area contributed by atoms with Crippen molar-refractivity contribution in [1.82, 2.24) is 19.5 Å². The first-order chi connectivity index (χ1) is 10.5. The summed E-state index contributed by atoms with van der Waals surface area (Å²) in [6, 6.07) is 4.50. The molecule has 1 N–H and O–H groups in total. The van der Waals surface area contributed by atoms with Gasteiger partial charge in [-0.1, -0.05) is 11.6 Å². The maximum absolute atomic E-state index is 12.2. The highest BCUT2D eigenvalue weighted by molar-refractivity contribution is 7.94. The van der Waals surface area contributed by atoms with E-state index in [9.17, 15) is 8.42 Å². The quantitative estimate of drug-likeness (QED) is 0.776. The smallest absolute Gasteiger partial charge is 0.272 e. The van der Waals surface area contributed by atoms with Gasteiger partial charge < -0.3 is 0 Å². The largest absolute Gasteiger partial charge is 0.288 e. The zero-order chi connectivity index (χ0) is 15.7. The number of rotatable bonds is 4. The summed E-state index contributed by atoms with van der Waals surface area (Å²) < 4.78 is 29.1. The highest BCUT2D eigenvalue weighted by Gasteiger charge is 2.18. The van der Waals surface area contributed by atoms with E-state index >= 15 is 0 Å². The van der Waals surface area contributed by atoms with Crippen LogP contribution in [-0.4, -0.2) is 27.9 Å². The molecule has 7 nitrogen and oxygen atoms in total. The Hall–Kier alpha value is -1.97. The molecule has 0 atom stereocenters. The first-order valence-electron chi connectivity index (χ1n) is 6.06. The van der Waals surface area contributed by atoms with Crippen LogP contribution < -0.4 is 4.72 Å². The summed E-state index contributed by atoms with van der Waals surface area (Å²) in [5.41, 5.74) is 0. The number of aromatic nitrogens is 4. The van der Waals surface area contributed by atoms with Crippen LogP contribution in [-0.2, 0) is 10.0 Å². The van der Waals surface area contributed by atoms with Gasteiger partial charge in [0.1, 0.15) is 28.0 Å². The van der Waals surface area contributed by atoms with Crippen LogP contribution in [0.3, 0.4) is 0 Å². The van der Waals surface area contributed by atoms with E-state index in [1.54, 1.807) is 17.0 Å². The van der Waals surface area contributed by atoms with Crippen LogP contribution in [0, 0.1) is 6.92 Å². The van der Waals surface area contributed by atoms with Gasteiger partial charge in [0.15, 0.2) is 0 Å². The highest BCUT2D eigenvalue weighted by Crippen LogP contribution is 2.27. The van der Waals surface area contributed by atoms with Crippen molar-refractivity contribution in [2.24, 2.45) is 0 Å². The second kappa shape index (κ2) is 5.67. The standard InChI is InChI=1S/C12H10ClN5O2S2/c1-8-14-4-5-18(8)11-6-10(15-7-16-11)17-22(19,20)12-3-2-9(13)21-12/h2-7H,1H3,(H,15,16,17). The number of nitrogens with one attached hydrogen (secondary N) is 1. The lowest BCUT2D eigenvalue weighted by Gasteiger charge is -2.08. The molecule has 0 spiro atoms. The molecule has 0 aliphatic heterocycles. The molecule has 0 unspecified atom stereocenters. The number of halogens is 1. The molecule has 10 heteroatoms. The van der Waals surface area contributed by atoms with E-state index in [1.807, 2.05) is 6.92 Å². The zero-order valence-corrected chi connectivity index (χ0v) is 13.7. The SMILES string of the molecule is Cc1nccn1-c1cc(NS(=O)(=O)c2ccc(Cl)s2)ncn1. The third kappa shape index (κ3) is 2.96. The topological polar surface area (TPSA) is 89.8 Å². The third-order valence-electron chi connectivity index (χ3n) is 2.78. The van der Waals surface area contributed by atoms with Gasteiger partial charge in [0, 0.05) is 18.5 Å². The molecule has 3 rings (SSSR count). The van der Waals surface area contributed by atoms with E-state index in [4.69, 9.17) is 11.6 Å². The number of anilines is 1. The van der Waals surface area contributed by atoms with Gasteiger partial charge in [-0.15, -0.1) is 11.3 Å². The Morgan fingerprint density at radius 1 is 1.27 bits per heavy atom. The Labute approximate surface area is 135 Å². The summed E-state index contributed by atoms with van der Waals surface area (Å²) >= 11 is 6.74. The summed E-state index contributed by atoms with van der Waals surface area (Å²) in [7, 11) is -3.72. The Bertz CT molecular complexity index is 919. The van der Waals surface area contributed by atoms with Crippen LogP contribution in [0.1, 0.15) is 5.82 Å². The average Bonchev–Trinajstić information content (AvgIpc) is 3.07. The minimum absolute atomic E-state index is 0.122. The van der Waals surface area contributed by atoms with E-state index in [1.165, 1.54) is 24.5 Å². The number of hydrogen-bond donors (Lipinski definition) is 1. The molecule has 0 bridgehead atoms. The third-order valence-corrected chi connectivity index (χ3v) is 5.86.